The number of hydrogen-bond acceptors (Lipinski definition) is 3. The second-order valence-electron chi connectivity index (χ2n) is 7.24. The molecule has 2 aliphatic rings. The topological polar surface area (TPSA) is 54.4 Å². The Morgan fingerprint density at radius 2 is 1.86 bits per heavy atom. The Morgan fingerprint density at radius 3 is 2.41 bits per heavy atom. The summed E-state index contributed by atoms with van der Waals surface area (Å²) in [5, 5.41) is 9.75. The van der Waals surface area contributed by atoms with Crippen molar-refractivity contribution in [2.75, 3.05) is 12.9 Å². The van der Waals surface area contributed by atoms with E-state index in [0.717, 1.165) is 24.8 Å². The molecule has 4 heteroatoms. The zero-order valence-electron chi connectivity index (χ0n) is 13.3. The third kappa shape index (κ3) is 3.23. The molecular formula is C18H26O3S. The average molecular weight is 322 g/mol. The van der Waals surface area contributed by atoms with Gasteiger partial charge >= 0.3 is 0 Å². The number of rotatable bonds is 5. The molecular weight excluding hydrogens is 296 g/mol. The van der Waals surface area contributed by atoms with Crippen LogP contribution in [0.3, 0.4) is 0 Å². The first-order valence-electron chi connectivity index (χ1n) is 8.39. The predicted molar refractivity (Wildman–Crippen MR) is 87.8 cm³/mol. The minimum atomic E-state index is -3.18. The van der Waals surface area contributed by atoms with E-state index >= 15 is 0 Å². The maximum atomic E-state index is 11.9. The number of aliphatic hydroxyl groups is 1. The molecule has 1 aromatic carbocycles. The van der Waals surface area contributed by atoms with Gasteiger partial charge in [-0.25, -0.2) is 8.42 Å². The maximum absolute atomic E-state index is 11.9. The van der Waals surface area contributed by atoms with Gasteiger partial charge in [0.15, 0.2) is 9.84 Å². The molecule has 1 N–H and O–H groups in total. The van der Waals surface area contributed by atoms with Crippen LogP contribution in [0.4, 0.5) is 0 Å². The van der Waals surface area contributed by atoms with Crippen LogP contribution >= 0.6 is 0 Å². The van der Waals surface area contributed by atoms with E-state index in [4.69, 9.17) is 0 Å². The van der Waals surface area contributed by atoms with Crippen molar-refractivity contribution in [1.29, 1.82) is 0 Å². The molecule has 3 rings (SSSR count). The van der Waals surface area contributed by atoms with Crippen LogP contribution in [0.15, 0.2) is 23.1 Å². The molecule has 0 heterocycles. The van der Waals surface area contributed by atoms with Crippen molar-refractivity contribution in [2.24, 2.45) is 5.92 Å². The summed E-state index contributed by atoms with van der Waals surface area (Å²) in [5.74, 6) is 0.664. The lowest BCUT2D eigenvalue weighted by Crippen LogP contribution is -2.18. The number of benzene rings is 1. The van der Waals surface area contributed by atoms with E-state index in [0.29, 0.717) is 10.8 Å². The summed E-state index contributed by atoms with van der Waals surface area (Å²) in [6.45, 7) is 0.170. The Bertz CT molecular complexity index is 638. The van der Waals surface area contributed by atoms with Crippen LogP contribution < -0.4 is 0 Å². The first-order valence-corrected chi connectivity index (χ1v) is 10.3. The molecule has 2 fully saturated rings. The third-order valence-corrected chi connectivity index (χ3v) is 6.58. The highest BCUT2D eigenvalue weighted by Gasteiger charge is 2.45. The Kier molecular flexibility index (Phi) is 4.34. The second-order valence-corrected chi connectivity index (χ2v) is 9.25. The first-order chi connectivity index (χ1) is 10.4. The van der Waals surface area contributed by atoms with Gasteiger partial charge in [0, 0.05) is 11.7 Å². The predicted octanol–water partition coefficient (Wildman–Crippen LogP) is 3.24. The van der Waals surface area contributed by atoms with Gasteiger partial charge in [-0.2, -0.15) is 0 Å². The molecule has 122 valence electrons. The van der Waals surface area contributed by atoms with Gasteiger partial charge in [-0.1, -0.05) is 38.2 Å². The lowest BCUT2D eigenvalue weighted by molar-refractivity contribution is 0.253. The summed E-state index contributed by atoms with van der Waals surface area (Å²) in [6, 6.07) is 5.54. The van der Waals surface area contributed by atoms with Crippen LogP contribution in [0.1, 0.15) is 56.1 Å². The van der Waals surface area contributed by atoms with Gasteiger partial charge in [0.05, 0.1) is 11.5 Å². The van der Waals surface area contributed by atoms with E-state index in [2.05, 4.69) is 0 Å². The molecule has 0 unspecified atom stereocenters. The highest BCUT2D eigenvalue weighted by atomic mass is 32.2. The fourth-order valence-electron chi connectivity index (χ4n) is 3.85. The van der Waals surface area contributed by atoms with E-state index in [-0.39, 0.29) is 12.0 Å². The highest BCUT2D eigenvalue weighted by molar-refractivity contribution is 7.90. The summed E-state index contributed by atoms with van der Waals surface area (Å²) >= 11 is 0. The Balaban J connectivity index is 1.95. The largest absolute Gasteiger partial charge is 0.395 e. The Labute approximate surface area is 133 Å². The second kappa shape index (κ2) is 5.97. The van der Waals surface area contributed by atoms with E-state index < -0.39 is 9.84 Å². The van der Waals surface area contributed by atoms with Crippen molar-refractivity contribution in [3.8, 4) is 0 Å². The van der Waals surface area contributed by atoms with Crippen LogP contribution in [0.5, 0.6) is 0 Å². The fourth-order valence-corrected chi connectivity index (χ4v) is 4.52. The van der Waals surface area contributed by atoms with Crippen LogP contribution in [-0.2, 0) is 21.7 Å². The van der Waals surface area contributed by atoms with Crippen molar-refractivity contribution in [1.82, 2.24) is 0 Å². The third-order valence-electron chi connectivity index (χ3n) is 5.47. The van der Waals surface area contributed by atoms with Crippen molar-refractivity contribution >= 4 is 9.84 Å². The molecule has 1 aromatic rings. The van der Waals surface area contributed by atoms with E-state index in [9.17, 15) is 13.5 Å². The standard InChI is InChI=1S/C18H26O3S/c1-22(20,21)16-7-8-17(18(13-19)9-10-18)15(12-16)11-14-5-3-2-4-6-14/h7-8,12,14,19H,2-6,9-11,13H2,1H3. The fraction of sp³-hybridized carbons (Fsp3) is 0.667. The quantitative estimate of drug-likeness (QED) is 0.905. The van der Waals surface area contributed by atoms with Gasteiger partial charge in [0.25, 0.3) is 0 Å². The number of sulfone groups is 1. The van der Waals surface area contributed by atoms with Crippen molar-refractivity contribution in [3.63, 3.8) is 0 Å². The van der Waals surface area contributed by atoms with Gasteiger partial charge < -0.3 is 5.11 Å². The molecule has 0 aromatic heterocycles. The molecule has 0 saturated heterocycles. The van der Waals surface area contributed by atoms with E-state index in [1.807, 2.05) is 12.1 Å². The molecule has 0 aliphatic heterocycles. The molecule has 0 bridgehead atoms. The van der Waals surface area contributed by atoms with Crippen LogP contribution in [0.2, 0.25) is 0 Å². The van der Waals surface area contributed by atoms with Gasteiger partial charge in [0.2, 0.25) is 0 Å². The molecule has 2 saturated carbocycles. The number of hydrogen-bond donors (Lipinski definition) is 1. The van der Waals surface area contributed by atoms with Crippen LogP contribution in [0.25, 0.3) is 0 Å². The molecule has 3 nitrogen and oxygen atoms in total. The zero-order valence-corrected chi connectivity index (χ0v) is 14.2. The van der Waals surface area contributed by atoms with Crippen LogP contribution in [0, 0.1) is 5.92 Å². The van der Waals surface area contributed by atoms with E-state index in [1.165, 1.54) is 43.9 Å². The summed E-state index contributed by atoms with van der Waals surface area (Å²) in [4.78, 5) is 0.413. The van der Waals surface area contributed by atoms with Gasteiger partial charge in [-0.3, -0.25) is 0 Å². The lowest BCUT2D eigenvalue weighted by atomic mass is 9.81. The first kappa shape index (κ1) is 16.0. The summed E-state index contributed by atoms with van der Waals surface area (Å²) in [5.41, 5.74) is 2.24. The maximum Gasteiger partial charge on any atom is 0.175 e. The minimum Gasteiger partial charge on any atom is -0.395 e. The van der Waals surface area contributed by atoms with Gasteiger partial charge in [-0.15, -0.1) is 0 Å². The lowest BCUT2D eigenvalue weighted by Gasteiger charge is -2.25. The Hall–Kier alpha value is -0.870. The number of aliphatic hydroxyl groups excluding tert-OH is 1. The smallest absolute Gasteiger partial charge is 0.175 e. The molecule has 0 atom stereocenters. The summed E-state index contributed by atoms with van der Waals surface area (Å²) in [7, 11) is -3.18. The van der Waals surface area contributed by atoms with Crippen molar-refractivity contribution in [3.05, 3.63) is 29.3 Å². The summed E-state index contributed by atoms with van der Waals surface area (Å²) < 4.78 is 23.7. The van der Waals surface area contributed by atoms with Crippen molar-refractivity contribution in [2.45, 2.75) is 61.7 Å². The molecule has 0 spiro atoms. The molecule has 2 aliphatic carbocycles. The van der Waals surface area contributed by atoms with E-state index in [1.54, 1.807) is 6.07 Å². The monoisotopic (exact) mass is 322 g/mol. The van der Waals surface area contributed by atoms with Crippen molar-refractivity contribution < 1.29 is 13.5 Å². The van der Waals surface area contributed by atoms with Gasteiger partial charge in [-0.05, 0) is 48.4 Å². The zero-order chi connectivity index (χ0) is 15.8. The van der Waals surface area contributed by atoms with Crippen LogP contribution in [-0.4, -0.2) is 26.4 Å². The highest BCUT2D eigenvalue weighted by Crippen LogP contribution is 2.49. The normalized spacial score (nSPS) is 21.7. The summed E-state index contributed by atoms with van der Waals surface area (Å²) in [6.07, 6.45) is 10.6. The molecule has 22 heavy (non-hydrogen) atoms. The molecule has 0 radical (unpaired) electrons. The average Bonchev–Trinajstić information content (AvgIpc) is 3.28. The molecule has 0 amide bonds. The SMILES string of the molecule is CS(=O)(=O)c1ccc(C2(CO)CC2)c(CC2CCCCC2)c1. The Morgan fingerprint density at radius 1 is 1.18 bits per heavy atom. The minimum absolute atomic E-state index is 0.0972. The van der Waals surface area contributed by atoms with Gasteiger partial charge in [0.1, 0.15) is 0 Å².